The maximum atomic E-state index is 7.98. The molecule has 0 saturated heterocycles. The maximum absolute atomic E-state index is 7.98. The van der Waals surface area contributed by atoms with Crippen molar-refractivity contribution in [2.75, 3.05) is 37.1 Å². The third-order valence-electron chi connectivity index (χ3n) is 3.10. The molecule has 0 saturated carbocycles. The van der Waals surface area contributed by atoms with Crippen LogP contribution < -0.4 is 0 Å². The minimum absolute atomic E-state index is 0.265. The quantitative estimate of drug-likeness (QED) is 0.0563. The molecule has 0 aliphatic rings. The molecule has 0 unspecified atom stereocenters. The van der Waals surface area contributed by atoms with E-state index in [0.29, 0.717) is 17.3 Å². The van der Waals surface area contributed by atoms with Crippen LogP contribution in [-0.4, -0.2) is 147 Å². The third-order valence-corrected chi connectivity index (χ3v) is 13.9. The first-order chi connectivity index (χ1) is 18.6. The van der Waals surface area contributed by atoms with E-state index >= 15 is 0 Å². The van der Waals surface area contributed by atoms with Gasteiger partial charge in [0.15, 0.2) is 0 Å². The molecular weight excluding hydrogens is 941 g/mol. The molecule has 0 radical (unpaired) electrons. The molecule has 0 aliphatic carbocycles. The van der Waals surface area contributed by atoms with Crippen LogP contribution in [0.25, 0.3) is 0 Å². The predicted octanol–water partition coefficient (Wildman–Crippen LogP) is 1.97. The van der Waals surface area contributed by atoms with Gasteiger partial charge in [-0.1, -0.05) is 0 Å². The average molecular weight is 993 g/mol. The summed E-state index contributed by atoms with van der Waals surface area (Å²) in [6.45, 7) is 7.44. The first-order valence-electron chi connectivity index (χ1n) is 12.6. The summed E-state index contributed by atoms with van der Waals surface area (Å²) in [6, 6.07) is 0. The van der Waals surface area contributed by atoms with Crippen LogP contribution in [-0.2, 0) is 14.0 Å². The van der Waals surface area contributed by atoms with Gasteiger partial charge >= 0.3 is 180 Å². The fourth-order valence-electron chi connectivity index (χ4n) is 1.34. The maximum Gasteiger partial charge on any atom is 0.633 e. The second-order valence-electron chi connectivity index (χ2n) is 6.69. The molecule has 0 aromatic carbocycles. The molecule has 234 valence electrons. The molecular formula is C18H51B3O9S6Sn3. The first-order valence-corrected chi connectivity index (χ1v) is 35.0. The van der Waals surface area contributed by atoms with Crippen molar-refractivity contribution in [3.05, 3.63) is 0 Å². The summed E-state index contributed by atoms with van der Waals surface area (Å²) in [5.41, 5.74) is 0. The topological polar surface area (TPSA) is 149 Å². The van der Waals surface area contributed by atoms with Crippen molar-refractivity contribution in [2.24, 2.45) is 0 Å². The summed E-state index contributed by atoms with van der Waals surface area (Å²) in [6.07, 6.45) is 8.19. The Balaban J connectivity index is -0.0000000839. The molecule has 0 bridgehead atoms. The molecule has 0 aromatic rings. The van der Waals surface area contributed by atoms with Crippen LogP contribution in [0.4, 0.5) is 0 Å². The minimum atomic E-state index is -1.65. The van der Waals surface area contributed by atoms with Crippen LogP contribution in [0.3, 0.4) is 0 Å². The van der Waals surface area contributed by atoms with E-state index in [2.05, 4.69) is 72.6 Å². The Kier molecular flexibility index (Phi) is 86.6. The Morgan fingerprint density at radius 1 is 0.513 bits per heavy atom. The van der Waals surface area contributed by atoms with Gasteiger partial charge in [-0.3, -0.25) is 0 Å². The van der Waals surface area contributed by atoms with E-state index in [1.807, 2.05) is 0 Å². The van der Waals surface area contributed by atoms with Gasteiger partial charge in [-0.25, -0.2) is 0 Å². The summed E-state index contributed by atoms with van der Waals surface area (Å²) in [5, 5.41) is 47.9. The summed E-state index contributed by atoms with van der Waals surface area (Å²) in [4.78, 5) is 0. The summed E-state index contributed by atoms with van der Waals surface area (Å²) >= 11 is 10.2. The molecule has 0 atom stereocenters. The second-order valence-corrected chi connectivity index (χ2v) is 22.5. The molecule has 21 heteroatoms. The van der Waals surface area contributed by atoms with Crippen molar-refractivity contribution in [1.29, 1.82) is 0 Å². The number of thiol groups is 3. The molecule has 0 fully saturated rings. The van der Waals surface area contributed by atoms with Crippen molar-refractivity contribution in [3.63, 3.8) is 0 Å². The Morgan fingerprint density at radius 2 is 0.718 bits per heavy atom. The third kappa shape index (κ3) is 108. The normalized spacial score (nSPS) is 8.62. The van der Waals surface area contributed by atoms with E-state index in [9.17, 15) is 0 Å². The number of hydrogen-bond acceptors (Lipinski definition) is 15. The number of hydrogen-bond donors (Lipinski definition) is 9. The molecule has 9 nitrogen and oxygen atoms in total. The first kappa shape index (κ1) is 55.4. The molecule has 39 heavy (non-hydrogen) atoms. The fraction of sp³-hybridized carbons (Fsp3) is 1.00. The minimum Gasteiger partial charge on any atom is -0.402 e. The summed E-state index contributed by atoms with van der Waals surface area (Å²) in [7, 11) is 9.78. The predicted molar refractivity (Wildman–Crippen MR) is 193 cm³/mol. The van der Waals surface area contributed by atoms with Crippen LogP contribution in [0.2, 0.25) is 13.3 Å². The van der Waals surface area contributed by atoms with Crippen LogP contribution in [0.15, 0.2) is 0 Å². The molecule has 0 heterocycles. The van der Waals surface area contributed by atoms with E-state index in [-0.39, 0.29) is 77.4 Å². The molecule has 0 aliphatic heterocycles. The van der Waals surface area contributed by atoms with Gasteiger partial charge in [-0.2, -0.15) is 37.9 Å². The zero-order valence-corrected chi connectivity index (χ0v) is 38.6. The van der Waals surface area contributed by atoms with Gasteiger partial charge in [0.2, 0.25) is 0 Å². The van der Waals surface area contributed by atoms with Crippen LogP contribution in [0.1, 0.15) is 59.3 Å². The second kappa shape index (κ2) is 61.0. The van der Waals surface area contributed by atoms with Gasteiger partial charge in [0.05, 0.1) is 0 Å². The van der Waals surface area contributed by atoms with Crippen molar-refractivity contribution in [2.45, 2.75) is 72.6 Å². The van der Waals surface area contributed by atoms with Crippen LogP contribution in [0, 0.1) is 0 Å². The zero-order valence-electron chi connectivity index (χ0n) is 23.5. The number of unbranched alkanes of at least 4 members (excludes halogenated alkanes) is 3. The largest absolute Gasteiger partial charge is 0.633 e. The van der Waals surface area contributed by atoms with E-state index in [1.54, 1.807) is 0 Å². The molecule has 0 spiro atoms. The average Bonchev–Trinajstić information content (AvgIpc) is 2.92. The Bertz CT molecular complexity index is 381. The summed E-state index contributed by atoms with van der Waals surface area (Å²) in [5.74, 6) is 1.49. The molecule has 6 N–H and O–H groups in total. The monoisotopic (exact) mass is 996 g/mol. The molecule has 0 rings (SSSR count). The van der Waals surface area contributed by atoms with Gasteiger partial charge < -0.3 is 44.1 Å². The van der Waals surface area contributed by atoms with E-state index in [4.69, 9.17) is 58.0 Å². The van der Waals surface area contributed by atoms with Crippen molar-refractivity contribution in [1.82, 2.24) is 0 Å². The van der Waals surface area contributed by atoms with Gasteiger partial charge in [-0.15, -0.1) is 0 Å². The van der Waals surface area contributed by atoms with Crippen LogP contribution in [0.5, 0.6) is 0 Å². The molecule has 0 amide bonds. The smallest absolute Gasteiger partial charge is 0.402 e. The van der Waals surface area contributed by atoms with Crippen molar-refractivity contribution < 1.29 is 44.1 Å². The van der Waals surface area contributed by atoms with E-state index in [1.165, 1.54) is 51.8 Å². The standard InChI is InChI=1S/3C4H9.3C2H7BO3S.3S.3Sn.3H/c3*1-3-4-2;3*4-3(5)6-1-2-7;;;;;;;;;/h3*1,3-4H2,2H3;3*4-5,7H,1-2H2;;;;;;;;;. The van der Waals surface area contributed by atoms with Crippen molar-refractivity contribution >= 4 is 145 Å². The van der Waals surface area contributed by atoms with Crippen molar-refractivity contribution in [3.8, 4) is 0 Å². The van der Waals surface area contributed by atoms with Gasteiger partial charge in [0.1, 0.15) is 0 Å². The Morgan fingerprint density at radius 3 is 0.769 bits per heavy atom. The SMILES string of the molecule is CCC[CH2][SnH]=[S].CCC[CH2][SnH]=[S].CCC[CH2][SnH]=[S].OB(O)OCCS.OB(O)OCCS.OB(O)OCCS. The Labute approximate surface area is 295 Å². The van der Waals surface area contributed by atoms with Crippen LogP contribution >= 0.6 is 65.8 Å². The Hall–Kier alpha value is 3.94. The summed E-state index contributed by atoms with van der Waals surface area (Å²) < 4.78 is 16.9. The fourth-order valence-corrected chi connectivity index (χ4v) is 9.93. The zero-order chi connectivity index (χ0) is 31.6. The van der Waals surface area contributed by atoms with E-state index in [0.717, 1.165) is 0 Å². The van der Waals surface area contributed by atoms with Gasteiger partial charge in [-0.05, 0) is 0 Å². The van der Waals surface area contributed by atoms with Gasteiger partial charge in [0, 0.05) is 37.1 Å². The number of rotatable bonds is 18. The van der Waals surface area contributed by atoms with E-state index < -0.39 is 22.0 Å². The molecule has 0 aromatic heterocycles. The van der Waals surface area contributed by atoms with Gasteiger partial charge in [0.25, 0.3) is 0 Å².